The van der Waals surface area contributed by atoms with Crippen molar-refractivity contribution >= 4 is 17.8 Å². The molecule has 0 radical (unpaired) electrons. The Morgan fingerprint density at radius 3 is 2.28 bits per heavy atom. The Morgan fingerprint density at radius 2 is 1.76 bits per heavy atom. The van der Waals surface area contributed by atoms with Crippen molar-refractivity contribution in [3.05, 3.63) is 35.9 Å². The molecule has 1 rings (SSSR count). The molecule has 0 saturated heterocycles. The summed E-state index contributed by atoms with van der Waals surface area (Å²) in [6.07, 6.45) is 0.139. The maximum absolute atomic E-state index is 12.6. The van der Waals surface area contributed by atoms with Crippen LogP contribution in [-0.2, 0) is 19.1 Å². The zero-order chi connectivity index (χ0) is 22.0. The highest BCUT2D eigenvalue weighted by Gasteiger charge is 2.29. The van der Waals surface area contributed by atoms with E-state index < -0.39 is 41.6 Å². The smallest absolute Gasteiger partial charge is 0.333 e. The average Bonchev–Trinajstić information content (AvgIpc) is 2.67. The van der Waals surface area contributed by atoms with Crippen LogP contribution in [0.3, 0.4) is 0 Å². The summed E-state index contributed by atoms with van der Waals surface area (Å²) in [6, 6.07) is 7.31. The number of ether oxygens (including phenoxy) is 1. The fraction of sp³-hybridized carbons (Fsp3) is 0.571. The van der Waals surface area contributed by atoms with Gasteiger partial charge in [-0.05, 0) is 39.8 Å². The van der Waals surface area contributed by atoms with E-state index in [0.717, 1.165) is 6.42 Å². The summed E-state index contributed by atoms with van der Waals surface area (Å²) >= 11 is 0. The molecule has 8 nitrogen and oxygen atoms in total. The summed E-state index contributed by atoms with van der Waals surface area (Å²) in [6.45, 7) is 6.80. The molecule has 4 N–H and O–H groups in total. The molecule has 3 unspecified atom stereocenters. The molecule has 1 aromatic rings. The van der Waals surface area contributed by atoms with E-state index in [4.69, 9.17) is 4.74 Å². The van der Waals surface area contributed by atoms with Gasteiger partial charge < -0.3 is 25.8 Å². The molecule has 0 saturated carbocycles. The number of nitrogens with one attached hydrogen (secondary N) is 3. The lowest BCUT2D eigenvalue weighted by Crippen LogP contribution is -2.50. The molecule has 0 aromatic heterocycles. The quantitative estimate of drug-likeness (QED) is 0.431. The van der Waals surface area contributed by atoms with Gasteiger partial charge in [0.05, 0.1) is 6.54 Å². The Morgan fingerprint density at radius 1 is 1.14 bits per heavy atom. The molecule has 2 amide bonds. The van der Waals surface area contributed by atoms with Crippen LogP contribution in [0, 0.1) is 0 Å². The molecular formula is C21H33N3O5. The number of aliphatic hydroxyl groups is 1. The van der Waals surface area contributed by atoms with Crippen LogP contribution in [0.4, 0.5) is 0 Å². The number of rotatable bonds is 10. The van der Waals surface area contributed by atoms with Crippen LogP contribution in [0.15, 0.2) is 30.3 Å². The standard InChI is InChI=1S/C21H33N3O5/c1-6-10-15(22-5)18(26)19(27)23-13-16(25)24-17(14-11-8-7-9-12-14)20(28)29-21(2,3)4/h7-9,11-12,15,17-18,22,26H,6,10,13H2,1-5H3,(H,23,27)(H,24,25). The maximum Gasteiger partial charge on any atom is 0.333 e. The van der Waals surface area contributed by atoms with Gasteiger partial charge in [0.1, 0.15) is 11.7 Å². The molecule has 3 atom stereocenters. The van der Waals surface area contributed by atoms with Gasteiger partial charge in [0.2, 0.25) is 5.91 Å². The van der Waals surface area contributed by atoms with Crippen LogP contribution in [0.1, 0.15) is 52.1 Å². The maximum atomic E-state index is 12.6. The third kappa shape index (κ3) is 8.62. The monoisotopic (exact) mass is 407 g/mol. The first-order valence-electron chi connectivity index (χ1n) is 9.79. The molecule has 29 heavy (non-hydrogen) atoms. The molecule has 0 heterocycles. The van der Waals surface area contributed by atoms with Crippen LogP contribution in [0.5, 0.6) is 0 Å². The highest BCUT2D eigenvalue weighted by atomic mass is 16.6. The summed E-state index contributed by atoms with van der Waals surface area (Å²) < 4.78 is 5.40. The van der Waals surface area contributed by atoms with Gasteiger partial charge in [0.15, 0.2) is 6.04 Å². The number of carbonyl (C=O) groups excluding carboxylic acids is 3. The first kappa shape index (κ1) is 24.6. The molecule has 8 heteroatoms. The first-order valence-corrected chi connectivity index (χ1v) is 9.79. The van der Waals surface area contributed by atoms with Crippen LogP contribution in [0.2, 0.25) is 0 Å². The summed E-state index contributed by atoms with van der Waals surface area (Å²) in [7, 11) is 1.66. The van der Waals surface area contributed by atoms with Gasteiger partial charge in [0.25, 0.3) is 5.91 Å². The van der Waals surface area contributed by atoms with Gasteiger partial charge in [-0.1, -0.05) is 43.7 Å². The lowest BCUT2D eigenvalue weighted by molar-refractivity contribution is -0.158. The van der Waals surface area contributed by atoms with Crippen LogP contribution < -0.4 is 16.0 Å². The lowest BCUT2D eigenvalue weighted by Gasteiger charge is -2.25. The van der Waals surface area contributed by atoms with E-state index >= 15 is 0 Å². The zero-order valence-electron chi connectivity index (χ0n) is 17.8. The topological polar surface area (TPSA) is 117 Å². The first-order chi connectivity index (χ1) is 13.6. The minimum atomic E-state index is -1.27. The van der Waals surface area contributed by atoms with Crippen molar-refractivity contribution in [2.24, 2.45) is 0 Å². The number of benzene rings is 1. The van der Waals surface area contributed by atoms with Crippen molar-refractivity contribution in [2.45, 2.75) is 64.3 Å². The summed E-state index contributed by atoms with van der Waals surface area (Å²) in [5.74, 6) is -1.81. The number of esters is 1. The molecule has 0 aliphatic rings. The molecular weight excluding hydrogens is 374 g/mol. The largest absolute Gasteiger partial charge is 0.458 e. The highest BCUT2D eigenvalue weighted by Crippen LogP contribution is 2.18. The fourth-order valence-corrected chi connectivity index (χ4v) is 2.72. The van der Waals surface area contributed by atoms with E-state index in [1.54, 1.807) is 58.2 Å². The molecule has 0 aliphatic heterocycles. The minimum absolute atomic E-state index is 0.370. The van der Waals surface area contributed by atoms with E-state index in [1.807, 2.05) is 6.92 Å². The van der Waals surface area contributed by atoms with Crippen LogP contribution in [0.25, 0.3) is 0 Å². The minimum Gasteiger partial charge on any atom is -0.458 e. The number of hydrogen-bond acceptors (Lipinski definition) is 6. The Hall–Kier alpha value is -2.45. The SMILES string of the molecule is CCCC(NC)C(O)C(=O)NCC(=O)NC(C(=O)OC(C)(C)C)c1ccccc1. The summed E-state index contributed by atoms with van der Waals surface area (Å²) in [5, 5.41) is 18.0. The second kappa shape index (κ2) is 11.5. The van der Waals surface area contributed by atoms with Gasteiger partial charge in [0, 0.05) is 6.04 Å². The summed E-state index contributed by atoms with van der Waals surface area (Å²) in [5.41, 5.74) is -0.145. The number of likely N-dealkylation sites (N-methyl/N-ethyl adjacent to an activating group) is 1. The summed E-state index contributed by atoms with van der Waals surface area (Å²) in [4.78, 5) is 37.1. The Labute approximate surface area is 172 Å². The van der Waals surface area contributed by atoms with Crippen LogP contribution in [-0.4, -0.2) is 54.2 Å². The van der Waals surface area contributed by atoms with Crippen molar-refractivity contribution in [1.82, 2.24) is 16.0 Å². The van der Waals surface area contributed by atoms with Gasteiger partial charge in [-0.15, -0.1) is 0 Å². The van der Waals surface area contributed by atoms with Gasteiger partial charge in [-0.25, -0.2) is 4.79 Å². The van der Waals surface area contributed by atoms with Crippen molar-refractivity contribution in [3.8, 4) is 0 Å². The number of aliphatic hydroxyl groups excluding tert-OH is 1. The van der Waals surface area contributed by atoms with E-state index in [0.29, 0.717) is 12.0 Å². The van der Waals surface area contributed by atoms with E-state index in [-0.39, 0.29) is 6.54 Å². The Balaban J connectivity index is 2.75. The van der Waals surface area contributed by atoms with Gasteiger partial charge in [-0.3, -0.25) is 9.59 Å². The second-order valence-electron chi connectivity index (χ2n) is 7.79. The predicted molar refractivity (Wildman–Crippen MR) is 110 cm³/mol. The van der Waals surface area contributed by atoms with Crippen molar-refractivity contribution < 1.29 is 24.2 Å². The molecule has 0 spiro atoms. The van der Waals surface area contributed by atoms with Crippen molar-refractivity contribution in [1.29, 1.82) is 0 Å². The average molecular weight is 408 g/mol. The van der Waals surface area contributed by atoms with Gasteiger partial charge >= 0.3 is 5.97 Å². The van der Waals surface area contributed by atoms with Crippen LogP contribution >= 0.6 is 0 Å². The fourth-order valence-electron chi connectivity index (χ4n) is 2.72. The zero-order valence-corrected chi connectivity index (χ0v) is 17.8. The number of carbonyl (C=O) groups is 3. The van der Waals surface area contributed by atoms with Crippen molar-refractivity contribution in [3.63, 3.8) is 0 Å². The van der Waals surface area contributed by atoms with E-state index in [9.17, 15) is 19.5 Å². The number of amides is 2. The molecule has 1 aromatic carbocycles. The van der Waals surface area contributed by atoms with E-state index in [2.05, 4.69) is 16.0 Å². The third-order valence-electron chi connectivity index (χ3n) is 4.12. The van der Waals surface area contributed by atoms with Gasteiger partial charge in [-0.2, -0.15) is 0 Å². The molecule has 162 valence electrons. The molecule has 0 fully saturated rings. The normalized spacial score (nSPS) is 14.4. The lowest BCUT2D eigenvalue weighted by atomic mass is 10.1. The number of hydrogen-bond donors (Lipinski definition) is 4. The van der Waals surface area contributed by atoms with Crippen molar-refractivity contribution in [2.75, 3.05) is 13.6 Å². The second-order valence-corrected chi connectivity index (χ2v) is 7.79. The highest BCUT2D eigenvalue weighted by molar-refractivity contribution is 5.90. The Kier molecular flexibility index (Phi) is 9.77. The Bertz CT molecular complexity index is 673. The third-order valence-corrected chi connectivity index (χ3v) is 4.12. The molecule has 0 aliphatic carbocycles. The predicted octanol–water partition coefficient (Wildman–Crippen LogP) is 1.05. The van der Waals surface area contributed by atoms with E-state index in [1.165, 1.54) is 0 Å². The molecule has 0 bridgehead atoms.